The largest absolute Gasteiger partial charge is 0.416 e. The van der Waals surface area contributed by atoms with E-state index in [1.165, 1.54) is 4.57 Å². The van der Waals surface area contributed by atoms with Gasteiger partial charge in [0.2, 0.25) is 0 Å². The number of rotatable bonds is 12. The molecule has 0 saturated heterocycles. The zero-order valence-corrected chi connectivity index (χ0v) is 20.2. The predicted octanol–water partition coefficient (Wildman–Crippen LogP) is 4.69. The summed E-state index contributed by atoms with van der Waals surface area (Å²) in [5.41, 5.74) is -0.979. The average Bonchev–Trinajstić information content (AvgIpc) is 2.85. The second-order valence-electron chi connectivity index (χ2n) is 8.22. The first-order valence-corrected chi connectivity index (χ1v) is 11.5. The Bertz CT molecular complexity index is 1080. The number of halogens is 6. The molecule has 0 fully saturated rings. The summed E-state index contributed by atoms with van der Waals surface area (Å²) >= 11 is 0. The average molecular weight is 531 g/mol. The number of ether oxygens (including phenoxy) is 3. The molecule has 0 saturated carbocycles. The van der Waals surface area contributed by atoms with Gasteiger partial charge in [0.1, 0.15) is 6.61 Å². The summed E-state index contributed by atoms with van der Waals surface area (Å²) in [5, 5.41) is 0. The highest BCUT2D eigenvalue weighted by molar-refractivity contribution is 5.60. The van der Waals surface area contributed by atoms with Crippen LogP contribution in [0.25, 0.3) is 11.1 Å². The standard InChI is InChI=1S/C26H28F6N2O3/c1-35-12-13-37-15-14-36-11-10-33-6-2-21(3-7-33)22-4-8-34(9-5-22)19-20-16-23(25(27,28)29)18-24(17-20)26(30,31)32/h2-9,16-18H,10-15,19H2,1H3/q+2. The van der Waals surface area contributed by atoms with Gasteiger partial charge in [0.05, 0.1) is 37.6 Å². The Morgan fingerprint density at radius 2 is 1.08 bits per heavy atom. The lowest BCUT2D eigenvalue weighted by molar-refractivity contribution is -0.698. The maximum Gasteiger partial charge on any atom is 0.416 e. The van der Waals surface area contributed by atoms with Gasteiger partial charge in [0.15, 0.2) is 37.9 Å². The van der Waals surface area contributed by atoms with Gasteiger partial charge in [-0.1, -0.05) is 0 Å². The predicted molar refractivity (Wildman–Crippen MR) is 121 cm³/mol. The lowest BCUT2D eigenvalue weighted by Gasteiger charge is -2.13. The number of aromatic nitrogens is 2. The van der Waals surface area contributed by atoms with Crippen molar-refractivity contribution in [2.75, 3.05) is 40.1 Å². The molecule has 200 valence electrons. The summed E-state index contributed by atoms with van der Waals surface area (Å²) in [6.45, 7) is 3.10. The van der Waals surface area contributed by atoms with E-state index in [0.29, 0.717) is 39.6 Å². The number of hydrogen-bond acceptors (Lipinski definition) is 3. The molecule has 2 aromatic heterocycles. The Labute approximate surface area is 210 Å². The zero-order chi connectivity index (χ0) is 26.9. The molecule has 0 aliphatic carbocycles. The summed E-state index contributed by atoms with van der Waals surface area (Å²) in [6, 6.07) is 8.94. The van der Waals surface area contributed by atoms with Gasteiger partial charge in [-0.2, -0.15) is 26.3 Å². The van der Waals surface area contributed by atoms with Crippen molar-refractivity contribution >= 4 is 0 Å². The van der Waals surface area contributed by atoms with Crippen molar-refractivity contribution < 1.29 is 49.7 Å². The molecule has 3 aromatic rings. The molecule has 0 atom stereocenters. The first kappa shape index (κ1) is 28.5. The molecule has 37 heavy (non-hydrogen) atoms. The van der Waals surface area contributed by atoms with Gasteiger partial charge in [-0.3, -0.25) is 0 Å². The summed E-state index contributed by atoms with van der Waals surface area (Å²) in [4.78, 5) is 0. The Kier molecular flexibility index (Phi) is 10.0. The van der Waals surface area contributed by atoms with Crippen LogP contribution in [0.15, 0.2) is 67.3 Å². The minimum absolute atomic E-state index is 0.0931. The molecule has 1 aromatic carbocycles. The summed E-state index contributed by atoms with van der Waals surface area (Å²) in [5.74, 6) is 0. The molecular weight excluding hydrogens is 502 g/mol. The molecule has 0 N–H and O–H groups in total. The third kappa shape index (κ3) is 9.10. The van der Waals surface area contributed by atoms with Gasteiger partial charge >= 0.3 is 12.4 Å². The summed E-state index contributed by atoms with van der Waals surface area (Å²) < 4.78 is 97.9. The minimum Gasteiger partial charge on any atom is -0.382 e. The molecule has 2 heterocycles. The lowest BCUT2D eigenvalue weighted by atomic mass is 10.0. The van der Waals surface area contributed by atoms with Crippen LogP contribution in [0.5, 0.6) is 0 Å². The molecular formula is C26H28F6N2O3+2. The van der Waals surface area contributed by atoms with E-state index < -0.39 is 23.5 Å². The maximum absolute atomic E-state index is 13.1. The molecule has 0 bridgehead atoms. The van der Waals surface area contributed by atoms with Gasteiger partial charge in [-0.25, -0.2) is 9.13 Å². The Hall–Kier alpha value is -3.02. The highest BCUT2D eigenvalue weighted by atomic mass is 19.4. The van der Waals surface area contributed by atoms with E-state index in [4.69, 9.17) is 14.2 Å². The van der Waals surface area contributed by atoms with Crippen LogP contribution >= 0.6 is 0 Å². The molecule has 5 nitrogen and oxygen atoms in total. The fraction of sp³-hybridized carbons (Fsp3) is 0.385. The number of pyridine rings is 2. The van der Waals surface area contributed by atoms with E-state index in [-0.39, 0.29) is 18.2 Å². The number of nitrogens with zero attached hydrogens (tertiary/aromatic N) is 2. The van der Waals surface area contributed by atoms with Crippen LogP contribution in [-0.4, -0.2) is 40.1 Å². The third-order valence-corrected chi connectivity index (χ3v) is 5.43. The van der Waals surface area contributed by atoms with Crippen LogP contribution in [0.2, 0.25) is 0 Å². The lowest BCUT2D eigenvalue weighted by Crippen LogP contribution is -2.35. The number of benzene rings is 1. The summed E-state index contributed by atoms with van der Waals surface area (Å²) in [7, 11) is 1.61. The van der Waals surface area contributed by atoms with Crippen LogP contribution in [0.1, 0.15) is 16.7 Å². The monoisotopic (exact) mass is 530 g/mol. The smallest absolute Gasteiger partial charge is 0.382 e. The number of methoxy groups -OCH3 is 1. The molecule has 0 amide bonds. The van der Waals surface area contributed by atoms with Gasteiger partial charge in [-0.05, 0) is 29.3 Å². The molecule has 0 unspecified atom stereocenters. The first-order valence-electron chi connectivity index (χ1n) is 11.5. The highest BCUT2D eigenvalue weighted by Crippen LogP contribution is 2.36. The number of hydrogen-bond donors (Lipinski definition) is 0. The zero-order valence-electron chi connectivity index (χ0n) is 20.2. The topological polar surface area (TPSA) is 35.5 Å². The van der Waals surface area contributed by atoms with E-state index in [1.807, 2.05) is 29.1 Å². The molecule has 11 heteroatoms. The van der Waals surface area contributed by atoms with E-state index in [0.717, 1.165) is 23.3 Å². The third-order valence-electron chi connectivity index (χ3n) is 5.43. The van der Waals surface area contributed by atoms with Gasteiger partial charge in [-0.15, -0.1) is 0 Å². The molecule has 0 spiro atoms. The molecule has 0 radical (unpaired) electrons. The van der Waals surface area contributed by atoms with Gasteiger partial charge in [0.25, 0.3) is 0 Å². The van der Waals surface area contributed by atoms with E-state index in [1.54, 1.807) is 31.6 Å². The van der Waals surface area contributed by atoms with Crippen LogP contribution in [-0.2, 0) is 39.7 Å². The van der Waals surface area contributed by atoms with Crippen molar-refractivity contribution in [2.24, 2.45) is 0 Å². The van der Waals surface area contributed by atoms with E-state index in [9.17, 15) is 26.3 Å². The van der Waals surface area contributed by atoms with E-state index in [2.05, 4.69) is 0 Å². The quantitative estimate of drug-likeness (QED) is 0.194. The van der Waals surface area contributed by atoms with E-state index >= 15 is 0 Å². The van der Waals surface area contributed by atoms with Crippen LogP contribution < -0.4 is 9.13 Å². The fourth-order valence-corrected chi connectivity index (χ4v) is 3.51. The van der Waals surface area contributed by atoms with Gasteiger partial charge in [0, 0.05) is 36.9 Å². The van der Waals surface area contributed by atoms with Crippen molar-refractivity contribution in [1.29, 1.82) is 0 Å². The minimum atomic E-state index is -4.88. The van der Waals surface area contributed by atoms with Crippen molar-refractivity contribution in [3.63, 3.8) is 0 Å². The Balaban J connectivity index is 1.58. The second-order valence-corrected chi connectivity index (χ2v) is 8.22. The number of alkyl halides is 6. The van der Waals surface area contributed by atoms with Gasteiger partial charge < -0.3 is 14.2 Å². The SMILES string of the molecule is COCCOCCOCC[n+]1ccc(-c2cc[n+](Cc3cc(C(F)(F)F)cc(C(F)(F)F)c3)cc2)cc1. The van der Waals surface area contributed by atoms with Crippen molar-refractivity contribution in [3.8, 4) is 11.1 Å². The van der Waals surface area contributed by atoms with Crippen molar-refractivity contribution in [2.45, 2.75) is 25.4 Å². The molecule has 0 aliphatic rings. The Morgan fingerprint density at radius 3 is 1.57 bits per heavy atom. The molecule has 3 rings (SSSR count). The van der Waals surface area contributed by atoms with Crippen molar-refractivity contribution in [3.05, 3.63) is 83.9 Å². The van der Waals surface area contributed by atoms with Crippen LogP contribution in [0, 0.1) is 0 Å². The van der Waals surface area contributed by atoms with Crippen LogP contribution in [0.4, 0.5) is 26.3 Å². The highest BCUT2D eigenvalue weighted by Gasteiger charge is 2.37. The maximum atomic E-state index is 13.1. The van der Waals surface area contributed by atoms with Crippen LogP contribution in [0.3, 0.4) is 0 Å². The normalized spacial score (nSPS) is 12.2. The van der Waals surface area contributed by atoms with Crippen molar-refractivity contribution in [1.82, 2.24) is 0 Å². The Morgan fingerprint density at radius 1 is 0.622 bits per heavy atom. The fourth-order valence-electron chi connectivity index (χ4n) is 3.51. The second kappa shape index (κ2) is 13.0. The summed E-state index contributed by atoms with van der Waals surface area (Å²) in [6.07, 6.45) is -2.72. The molecule has 0 aliphatic heterocycles. The first-order chi connectivity index (χ1) is 17.6.